The smallest absolute Gasteiger partial charge is 0.462 e. The summed E-state index contributed by atoms with van der Waals surface area (Å²) in [6, 6.07) is 0. The predicted molar refractivity (Wildman–Crippen MR) is 153 cm³/mol. The summed E-state index contributed by atoms with van der Waals surface area (Å²) in [5.74, 6) is -0.959. The molecule has 0 bridgehead atoms. The van der Waals surface area contributed by atoms with Crippen LogP contribution < -0.4 is 0 Å². The summed E-state index contributed by atoms with van der Waals surface area (Å²) in [4.78, 5) is 42.0. The maximum Gasteiger partial charge on any atom is 0.469 e. The van der Waals surface area contributed by atoms with Gasteiger partial charge < -0.3 is 24.4 Å². The van der Waals surface area contributed by atoms with Crippen LogP contribution in [0.4, 0.5) is 0 Å². The number of allylic oxidation sites excluding steroid dienone is 4. The zero-order valence-electron chi connectivity index (χ0n) is 23.9. The molecule has 0 aromatic heterocycles. The van der Waals surface area contributed by atoms with Crippen LogP contribution in [-0.2, 0) is 28.2 Å². The van der Waals surface area contributed by atoms with E-state index in [-0.39, 0.29) is 19.4 Å². The number of phosphoric ester groups is 1. The Morgan fingerprint density at radius 2 is 1.44 bits per heavy atom. The standard InChI is InChI=1S/C29H51O9P/c1-3-5-7-13-19-23-29(32)38-27(25-37-39(33,34)35)24-36-28(31)22-18-15-12-10-8-9-11-14-17-21-26(30)20-16-6-4-2/h6,11,14,16-17,21,26-27,30H,3-5,7-10,12-13,15,18-20,22-25H2,1-2H3,(H2,33,34,35)/b14-11+,16-6+,21-17+/t26?,27-/m1/s1. The number of carbonyl (C=O) groups is 2. The van der Waals surface area contributed by atoms with Gasteiger partial charge in [0.1, 0.15) is 6.61 Å². The predicted octanol–water partition coefficient (Wildman–Crippen LogP) is 6.47. The summed E-state index contributed by atoms with van der Waals surface area (Å²) >= 11 is 0. The average Bonchev–Trinajstić information content (AvgIpc) is 2.88. The molecule has 226 valence electrons. The Labute approximate surface area is 234 Å². The van der Waals surface area contributed by atoms with Crippen molar-refractivity contribution >= 4 is 19.8 Å². The summed E-state index contributed by atoms with van der Waals surface area (Å²) in [5.41, 5.74) is 0. The molecule has 0 aromatic carbocycles. The van der Waals surface area contributed by atoms with Gasteiger partial charge in [0.2, 0.25) is 0 Å². The molecule has 0 spiro atoms. The van der Waals surface area contributed by atoms with Crippen molar-refractivity contribution in [2.45, 2.75) is 122 Å². The highest BCUT2D eigenvalue weighted by Crippen LogP contribution is 2.35. The molecule has 0 fully saturated rings. The zero-order chi connectivity index (χ0) is 29.2. The molecule has 2 atom stereocenters. The first kappa shape index (κ1) is 37.2. The molecule has 39 heavy (non-hydrogen) atoms. The lowest BCUT2D eigenvalue weighted by molar-refractivity contribution is -0.161. The Balaban J connectivity index is 4.07. The van der Waals surface area contributed by atoms with E-state index < -0.39 is 38.6 Å². The number of carbonyl (C=O) groups excluding carboxylic acids is 2. The van der Waals surface area contributed by atoms with Crippen molar-refractivity contribution in [2.75, 3.05) is 13.2 Å². The molecule has 0 aliphatic rings. The summed E-state index contributed by atoms with van der Waals surface area (Å²) in [5, 5.41) is 9.78. The minimum atomic E-state index is -4.74. The Morgan fingerprint density at radius 3 is 2.10 bits per heavy atom. The van der Waals surface area contributed by atoms with Gasteiger partial charge >= 0.3 is 19.8 Å². The van der Waals surface area contributed by atoms with Crippen molar-refractivity contribution in [1.29, 1.82) is 0 Å². The van der Waals surface area contributed by atoms with Crippen LogP contribution in [0.2, 0.25) is 0 Å². The third-order valence-electron chi connectivity index (χ3n) is 5.75. The molecule has 0 heterocycles. The Kier molecular flexibility index (Phi) is 24.1. The molecule has 0 aliphatic heterocycles. The van der Waals surface area contributed by atoms with Crippen LogP contribution >= 0.6 is 7.82 Å². The fourth-order valence-corrected chi connectivity index (χ4v) is 3.94. The molecule has 0 radical (unpaired) electrons. The fourth-order valence-electron chi connectivity index (χ4n) is 3.58. The highest BCUT2D eigenvalue weighted by molar-refractivity contribution is 7.46. The van der Waals surface area contributed by atoms with Gasteiger partial charge in [0.15, 0.2) is 6.10 Å². The molecule has 3 N–H and O–H groups in total. The van der Waals surface area contributed by atoms with Crippen molar-refractivity contribution in [2.24, 2.45) is 0 Å². The molecule has 0 saturated carbocycles. The van der Waals surface area contributed by atoms with Gasteiger partial charge in [-0.25, -0.2) is 4.57 Å². The molecule has 0 amide bonds. The number of esters is 2. The normalized spacial score (nSPS) is 13.9. The second-order valence-corrected chi connectivity index (χ2v) is 10.8. The van der Waals surface area contributed by atoms with Gasteiger partial charge in [-0.05, 0) is 38.5 Å². The quantitative estimate of drug-likeness (QED) is 0.0368. The SMILES string of the molecule is CC/C=C/CC(O)/C=C/C=C/CCCCCCCC(=O)OC[C@H](COP(=O)(O)O)OC(=O)CCCCCCC. The van der Waals surface area contributed by atoms with Crippen LogP contribution in [0, 0.1) is 0 Å². The molecular weight excluding hydrogens is 523 g/mol. The first-order chi connectivity index (χ1) is 18.7. The monoisotopic (exact) mass is 574 g/mol. The highest BCUT2D eigenvalue weighted by atomic mass is 31.2. The lowest BCUT2D eigenvalue weighted by Gasteiger charge is -2.18. The summed E-state index contributed by atoms with van der Waals surface area (Å²) in [6.45, 7) is 3.29. The van der Waals surface area contributed by atoms with E-state index in [1.54, 1.807) is 6.08 Å². The van der Waals surface area contributed by atoms with Gasteiger partial charge in [0.05, 0.1) is 12.7 Å². The van der Waals surface area contributed by atoms with Crippen LogP contribution in [0.1, 0.15) is 110 Å². The van der Waals surface area contributed by atoms with Gasteiger partial charge in [-0.3, -0.25) is 14.1 Å². The van der Waals surface area contributed by atoms with Crippen LogP contribution in [-0.4, -0.2) is 52.3 Å². The molecule has 9 nitrogen and oxygen atoms in total. The van der Waals surface area contributed by atoms with Crippen molar-refractivity contribution in [3.05, 3.63) is 36.5 Å². The second kappa shape index (κ2) is 25.2. The minimum absolute atomic E-state index is 0.191. The number of hydrogen-bond acceptors (Lipinski definition) is 7. The van der Waals surface area contributed by atoms with E-state index >= 15 is 0 Å². The van der Waals surface area contributed by atoms with Gasteiger partial charge in [0.25, 0.3) is 0 Å². The number of unbranched alkanes of at least 4 members (excludes halogenated alkanes) is 9. The topological polar surface area (TPSA) is 140 Å². The van der Waals surface area contributed by atoms with Crippen molar-refractivity contribution in [3.8, 4) is 0 Å². The van der Waals surface area contributed by atoms with E-state index in [2.05, 4.69) is 24.4 Å². The third-order valence-corrected chi connectivity index (χ3v) is 6.24. The molecule has 1 unspecified atom stereocenters. The summed E-state index contributed by atoms with van der Waals surface area (Å²) < 4.78 is 25.9. The highest BCUT2D eigenvalue weighted by Gasteiger charge is 2.22. The zero-order valence-corrected chi connectivity index (χ0v) is 24.8. The Bertz CT molecular complexity index is 758. The number of hydrogen-bond donors (Lipinski definition) is 3. The van der Waals surface area contributed by atoms with Gasteiger partial charge in [0, 0.05) is 12.8 Å². The molecule has 0 aromatic rings. The number of rotatable bonds is 25. The largest absolute Gasteiger partial charge is 0.469 e. The molecule has 0 aliphatic carbocycles. The Morgan fingerprint density at radius 1 is 0.795 bits per heavy atom. The maximum absolute atomic E-state index is 12.1. The number of aliphatic hydroxyl groups is 1. The second-order valence-electron chi connectivity index (χ2n) is 9.55. The van der Waals surface area contributed by atoms with Crippen LogP contribution in [0.15, 0.2) is 36.5 Å². The van der Waals surface area contributed by atoms with Crippen molar-refractivity contribution < 1.29 is 43.0 Å². The van der Waals surface area contributed by atoms with Crippen molar-refractivity contribution in [1.82, 2.24) is 0 Å². The van der Waals surface area contributed by atoms with E-state index in [0.717, 1.165) is 64.2 Å². The van der Waals surface area contributed by atoms with E-state index in [0.29, 0.717) is 19.3 Å². The number of phosphoric acid groups is 1. The van der Waals surface area contributed by atoms with Crippen LogP contribution in [0.25, 0.3) is 0 Å². The van der Waals surface area contributed by atoms with Crippen LogP contribution in [0.5, 0.6) is 0 Å². The molecular formula is C29H51O9P. The van der Waals surface area contributed by atoms with Crippen LogP contribution in [0.3, 0.4) is 0 Å². The lowest BCUT2D eigenvalue weighted by atomic mass is 10.1. The minimum Gasteiger partial charge on any atom is -0.462 e. The maximum atomic E-state index is 12.1. The molecule has 10 heteroatoms. The first-order valence-electron chi connectivity index (χ1n) is 14.4. The number of aliphatic hydroxyl groups excluding tert-OH is 1. The van der Waals surface area contributed by atoms with E-state index in [1.807, 2.05) is 24.3 Å². The van der Waals surface area contributed by atoms with E-state index in [4.69, 9.17) is 19.3 Å². The fraction of sp³-hybridized carbons (Fsp3) is 0.724. The average molecular weight is 575 g/mol. The number of ether oxygens (including phenoxy) is 2. The molecule has 0 rings (SSSR count). The van der Waals surface area contributed by atoms with Crippen molar-refractivity contribution in [3.63, 3.8) is 0 Å². The summed E-state index contributed by atoms with van der Waals surface area (Å²) in [6.07, 6.45) is 22.6. The van der Waals surface area contributed by atoms with E-state index in [1.165, 1.54) is 0 Å². The van der Waals surface area contributed by atoms with Gasteiger partial charge in [-0.15, -0.1) is 0 Å². The first-order valence-corrected chi connectivity index (χ1v) is 15.9. The Hall–Kier alpha value is -1.77. The third kappa shape index (κ3) is 27.6. The summed E-state index contributed by atoms with van der Waals surface area (Å²) in [7, 11) is -4.74. The lowest BCUT2D eigenvalue weighted by Crippen LogP contribution is -2.29. The molecule has 0 saturated heterocycles. The van der Waals surface area contributed by atoms with Gasteiger partial charge in [-0.1, -0.05) is 95.2 Å². The van der Waals surface area contributed by atoms with E-state index in [9.17, 15) is 19.3 Å². The van der Waals surface area contributed by atoms with Gasteiger partial charge in [-0.2, -0.15) is 0 Å².